The fourth-order valence-corrected chi connectivity index (χ4v) is 4.95. The SMILES string of the molecule is COc1ccccc1N1CCN(C(=O)[C@H](CO)NC(=O)c2ccc3c(c2)C(=O)c2ccccc2C3=O)CC1. The maximum atomic E-state index is 13.1. The van der Waals surface area contributed by atoms with Gasteiger partial charge in [-0.1, -0.05) is 36.4 Å². The molecule has 1 atom stereocenters. The van der Waals surface area contributed by atoms with Crippen LogP contribution in [0.2, 0.25) is 0 Å². The summed E-state index contributed by atoms with van der Waals surface area (Å²) in [7, 11) is 1.61. The number of rotatable bonds is 6. The molecule has 9 nitrogen and oxygen atoms in total. The molecular formula is C29H27N3O6. The summed E-state index contributed by atoms with van der Waals surface area (Å²) in [6.45, 7) is 1.39. The number of nitrogens with one attached hydrogen (secondary N) is 1. The minimum absolute atomic E-state index is 0.122. The van der Waals surface area contributed by atoms with E-state index in [9.17, 15) is 24.3 Å². The smallest absolute Gasteiger partial charge is 0.252 e. The Morgan fingerprint density at radius 2 is 1.47 bits per heavy atom. The molecule has 0 aromatic heterocycles. The highest BCUT2D eigenvalue weighted by molar-refractivity contribution is 6.28. The number of fused-ring (bicyclic) bond motifs is 2. The quantitative estimate of drug-likeness (QED) is 0.405. The predicted molar refractivity (Wildman–Crippen MR) is 140 cm³/mol. The van der Waals surface area contributed by atoms with Gasteiger partial charge in [0.15, 0.2) is 11.6 Å². The molecule has 5 rings (SSSR count). The number of para-hydroxylation sites is 2. The zero-order valence-electron chi connectivity index (χ0n) is 20.8. The maximum absolute atomic E-state index is 13.1. The van der Waals surface area contributed by atoms with Crippen molar-refractivity contribution < 1.29 is 29.0 Å². The molecule has 2 amide bonds. The molecule has 194 valence electrons. The Kier molecular flexibility index (Phi) is 6.93. The number of ether oxygens (including phenoxy) is 1. The summed E-state index contributed by atoms with van der Waals surface area (Å²) >= 11 is 0. The minimum Gasteiger partial charge on any atom is -0.495 e. The minimum atomic E-state index is -1.14. The second kappa shape index (κ2) is 10.5. The van der Waals surface area contributed by atoms with Gasteiger partial charge in [-0.15, -0.1) is 0 Å². The number of methoxy groups -OCH3 is 1. The van der Waals surface area contributed by atoms with Gasteiger partial charge in [0.25, 0.3) is 5.91 Å². The summed E-state index contributed by atoms with van der Waals surface area (Å²) in [4.78, 5) is 55.7. The van der Waals surface area contributed by atoms with E-state index in [0.717, 1.165) is 11.4 Å². The van der Waals surface area contributed by atoms with E-state index < -0.39 is 24.5 Å². The van der Waals surface area contributed by atoms with E-state index in [-0.39, 0.29) is 28.3 Å². The van der Waals surface area contributed by atoms with E-state index in [1.54, 1.807) is 36.3 Å². The highest BCUT2D eigenvalue weighted by atomic mass is 16.5. The number of hydrogen-bond donors (Lipinski definition) is 2. The molecule has 3 aromatic carbocycles. The van der Waals surface area contributed by atoms with Gasteiger partial charge in [-0.2, -0.15) is 0 Å². The van der Waals surface area contributed by atoms with Gasteiger partial charge in [0.2, 0.25) is 5.91 Å². The number of piperazine rings is 1. The number of benzene rings is 3. The second-order valence-corrected chi connectivity index (χ2v) is 9.16. The first-order valence-electron chi connectivity index (χ1n) is 12.3. The molecule has 1 aliphatic carbocycles. The fraction of sp³-hybridized carbons (Fsp3) is 0.241. The molecule has 2 aliphatic rings. The Hall–Kier alpha value is -4.50. The summed E-state index contributed by atoms with van der Waals surface area (Å²) in [6, 6.07) is 17.3. The number of hydrogen-bond acceptors (Lipinski definition) is 7. The van der Waals surface area contributed by atoms with E-state index in [0.29, 0.717) is 37.3 Å². The molecular weight excluding hydrogens is 486 g/mol. The third-order valence-corrected chi connectivity index (χ3v) is 6.99. The van der Waals surface area contributed by atoms with Crippen LogP contribution < -0.4 is 15.0 Å². The third kappa shape index (κ3) is 4.52. The number of nitrogens with zero attached hydrogens (tertiary/aromatic N) is 2. The summed E-state index contributed by atoms with van der Waals surface area (Å²) < 4.78 is 5.44. The predicted octanol–water partition coefficient (Wildman–Crippen LogP) is 1.91. The van der Waals surface area contributed by atoms with E-state index in [1.165, 1.54) is 18.2 Å². The number of aliphatic hydroxyl groups excluding tert-OH is 1. The van der Waals surface area contributed by atoms with E-state index in [2.05, 4.69) is 10.2 Å². The molecule has 3 aromatic rings. The van der Waals surface area contributed by atoms with Crippen molar-refractivity contribution in [1.82, 2.24) is 10.2 Å². The normalized spacial score (nSPS) is 15.4. The van der Waals surface area contributed by atoms with Gasteiger partial charge >= 0.3 is 0 Å². The van der Waals surface area contributed by atoms with Crippen molar-refractivity contribution >= 4 is 29.1 Å². The lowest BCUT2D eigenvalue weighted by Gasteiger charge is -2.37. The Labute approximate surface area is 219 Å². The first kappa shape index (κ1) is 25.2. The molecule has 1 saturated heterocycles. The van der Waals surface area contributed by atoms with Crippen LogP contribution in [0.15, 0.2) is 66.7 Å². The largest absolute Gasteiger partial charge is 0.495 e. The number of ketones is 2. The Bertz CT molecular complexity index is 1430. The number of carbonyl (C=O) groups excluding carboxylic acids is 4. The molecule has 0 saturated carbocycles. The Morgan fingerprint density at radius 3 is 2.13 bits per heavy atom. The van der Waals surface area contributed by atoms with E-state index >= 15 is 0 Å². The third-order valence-electron chi connectivity index (χ3n) is 6.99. The maximum Gasteiger partial charge on any atom is 0.252 e. The van der Waals surface area contributed by atoms with Gasteiger partial charge in [0.05, 0.1) is 19.4 Å². The van der Waals surface area contributed by atoms with Gasteiger partial charge in [0.1, 0.15) is 11.8 Å². The van der Waals surface area contributed by atoms with Crippen molar-refractivity contribution in [3.8, 4) is 5.75 Å². The molecule has 38 heavy (non-hydrogen) atoms. The number of anilines is 1. The summed E-state index contributed by atoms with van der Waals surface area (Å²) in [5.41, 5.74) is 2.06. The Balaban J connectivity index is 1.26. The van der Waals surface area contributed by atoms with Crippen LogP contribution in [-0.4, -0.2) is 79.3 Å². The molecule has 2 N–H and O–H groups in total. The van der Waals surface area contributed by atoms with Crippen LogP contribution in [0.25, 0.3) is 0 Å². The number of aliphatic hydroxyl groups is 1. The molecule has 1 heterocycles. The first-order valence-corrected chi connectivity index (χ1v) is 12.3. The van der Waals surface area contributed by atoms with Gasteiger partial charge in [-0.05, 0) is 30.3 Å². The van der Waals surface area contributed by atoms with Gasteiger partial charge < -0.3 is 25.0 Å². The Morgan fingerprint density at radius 1 is 0.868 bits per heavy atom. The average Bonchev–Trinajstić information content (AvgIpc) is 2.98. The number of carbonyl (C=O) groups is 4. The van der Waals surface area contributed by atoms with E-state index in [1.807, 2.05) is 24.3 Å². The molecule has 1 fully saturated rings. The van der Waals surface area contributed by atoms with Gasteiger partial charge in [-0.25, -0.2) is 0 Å². The van der Waals surface area contributed by atoms with E-state index in [4.69, 9.17) is 4.74 Å². The number of amides is 2. The molecule has 1 aliphatic heterocycles. The lowest BCUT2D eigenvalue weighted by Crippen LogP contribution is -2.56. The van der Waals surface area contributed by atoms with Crippen LogP contribution in [-0.2, 0) is 4.79 Å². The summed E-state index contributed by atoms with van der Waals surface area (Å²) in [6.07, 6.45) is 0. The zero-order chi connectivity index (χ0) is 26.8. The highest BCUT2D eigenvalue weighted by Gasteiger charge is 2.32. The fourth-order valence-electron chi connectivity index (χ4n) is 4.95. The van der Waals surface area contributed by atoms with Crippen LogP contribution in [0.3, 0.4) is 0 Å². The molecule has 0 radical (unpaired) electrons. The van der Waals surface area contributed by atoms with Crippen LogP contribution >= 0.6 is 0 Å². The molecule has 0 bridgehead atoms. The van der Waals surface area contributed by atoms with Gasteiger partial charge in [0, 0.05) is 54.0 Å². The zero-order valence-corrected chi connectivity index (χ0v) is 20.8. The topological polar surface area (TPSA) is 116 Å². The summed E-state index contributed by atoms with van der Waals surface area (Å²) in [5.74, 6) is -0.877. The van der Waals surface area contributed by atoms with Crippen molar-refractivity contribution in [2.75, 3.05) is 44.8 Å². The molecule has 9 heteroatoms. The van der Waals surface area contributed by atoms with Crippen molar-refractivity contribution in [3.63, 3.8) is 0 Å². The van der Waals surface area contributed by atoms with Crippen LogP contribution in [0.4, 0.5) is 5.69 Å². The van der Waals surface area contributed by atoms with Crippen LogP contribution in [0, 0.1) is 0 Å². The van der Waals surface area contributed by atoms with Crippen molar-refractivity contribution in [2.24, 2.45) is 0 Å². The lowest BCUT2D eigenvalue weighted by molar-refractivity contribution is -0.134. The monoisotopic (exact) mass is 513 g/mol. The van der Waals surface area contributed by atoms with Crippen molar-refractivity contribution in [1.29, 1.82) is 0 Å². The van der Waals surface area contributed by atoms with Crippen LogP contribution in [0.5, 0.6) is 5.75 Å². The average molecular weight is 514 g/mol. The second-order valence-electron chi connectivity index (χ2n) is 9.16. The van der Waals surface area contributed by atoms with Crippen molar-refractivity contribution in [3.05, 3.63) is 94.5 Å². The first-order chi connectivity index (χ1) is 18.4. The molecule has 0 unspecified atom stereocenters. The summed E-state index contributed by atoms with van der Waals surface area (Å²) in [5, 5.41) is 12.5. The molecule has 0 spiro atoms. The van der Waals surface area contributed by atoms with Gasteiger partial charge in [-0.3, -0.25) is 19.2 Å². The van der Waals surface area contributed by atoms with Crippen LogP contribution in [0.1, 0.15) is 42.2 Å². The lowest BCUT2D eigenvalue weighted by atomic mass is 9.83. The van der Waals surface area contributed by atoms with Crippen molar-refractivity contribution in [2.45, 2.75) is 6.04 Å². The highest BCUT2D eigenvalue weighted by Crippen LogP contribution is 2.29. The standard InChI is InChI=1S/C29H27N3O6/c1-38-25-9-5-4-8-24(25)31-12-14-32(15-13-31)29(37)23(17-33)30-28(36)18-10-11-21-22(16-18)27(35)20-7-3-2-6-19(20)26(21)34/h2-11,16,23,33H,12-15,17H2,1H3,(H,30,36)/t23-/m0/s1.